The highest BCUT2D eigenvalue weighted by atomic mass is 79.9. The Morgan fingerprint density at radius 3 is 2.94 bits per heavy atom. The summed E-state index contributed by atoms with van der Waals surface area (Å²) in [6.07, 6.45) is 1.77. The van der Waals surface area contributed by atoms with Gasteiger partial charge in [-0.15, -0.1) is 0 Å². The van der Waals surface area contributed by atoms with E-state index in [-0.39, 0.29) is 5.91 Å². The zero-order valence-electron chi connectivity index (χ0n) is 9.19. The Bertz CT molecular complexity index is 525. The van der Waals surface area contributed by atoms with Crippen LogP contribution in [0.5, 0.6) is 0 Å². The Balaban J connectivity index is 1.91. The minimum atomic E-state index is -0.193. The van der Waals surface area contributed by atoms with E-state index in [2.05, 4.69) is 35.9 Å². The molecule has 0 saturated carbocycles. The topological polar surface area (TPSA) is 68.0 Å². The molecule has 0 aliphatic rings. The largest absolute Gasteiger partial charge is 0.352 e. The lowest BCUT2D eigenvalue weighted by Gasteiger charge is -2.04. The molecule has 1 amide bonds. The van der Waals surface area contributed by atoms with Crippen LogP contribution in [0.3, 0.4) is 0 Å². The van der Waals surface area contributed by atoms with Gasteiger partial charge in [0.25, 0.3) is 5.91 Å². The Morgan fingerprint density at radius 1 is 1.44 bits per heavy atom. The predicted molar refractivity (Wildman–Crippen MR) is 69.5 cm³/mol. The van der Waals surface area contributed by atoms with E-state index >= 15 is 0 Å². The molecular formula is C11H9BrClN3O2. The summed E-state index contributed by atoms with van der Waals surface area (Å²) < 4.78 is 5.35. The maximum absolute atomic E-state index is 11.8. The van der Waals surface area contributed by atoms with Crippen LogP contribution in [0.25, 0.3) is 0 Å². The third-order valence-corrected chi connectivity index (χ3v) is 2.84. The Kier molecular flexibility index (Phi) is 4.33. The van der Waals surface area contributed by atoms with Crippen LogP contribution in [0.4, 0.5) is 0 Å². The molecule has 1 N–H and O–H groups in total. The lowest BCUT2D eigenvalue weighted by atomic mass is 10.2. The van der Waals surface area contributed by atoms with E-state index in [0.717, 1.165) is 4.47 Å². The number of amides is 1. The number of carbonyl (C=O) groups excluding carboxylic acids is 1. The molecule has 1 aromatic carbocycles. The minimum Gasteiger partial charge on any atom is -0.352 e. The van der Waals surface area contributed by atoms with Crippen LogP contribution in [-0.4, -0.2) is 22.6 Å². The van der Waals surface area contributed by atoms with Crippen molar-refractivity contribution in [1.82, 2.24) is 15.5 Å². The van der Waals surface area contributed by atoms with Gasteiger partial charge in [0.15, 0.2) is 5.82 Å². The standard InChI is InChI=1S/C11H9BrClN3O2/c12-8-3-7(4-9(13)5-8)11(17)14-2-1-10-15-6-18-16-10/h3-6H,1-2H2,(H,14,17). The highest BCUT2D eigenvalue weighted by molar-refractivity contribution is 9.10. The summed E-state index contributed by atoms with van der Waals surface area (Å²) >= 11 is 9.15. The average Bonchev–Trinajstić information content (AvgIpc) is 2.80. The van der Waals surface area contributed by atoms with Gasteiger partial charge < -0.3 is 9.84 Å². The molecule has 0 atom stereocenters. The molecule has 7 heteroatoms. The monoisotopic (exact) mass is 329 g/mol. The third kappa shape index (κ3) is 3.54. The van der Waals surface area contributed by atoms with Crippen LogP contribution in [0, 0.1) is 0 Å². The van der Waals surface area contributed by atoms with Gasteiger partial charge in [0, 0.05) is 28.0 Å². The van der Waals surface area contributed by atoms with Crippen LogP contribution < -0.4 is 5.32 Å². The van der Waals surface area contributed by atoms with Crippen LogP contribution in [0.1, 0.15) is 16.2 Å². The molecule has 1 heterocycles. The number of nitrogens with one attached hydrogen (secondary N) is 1. The summed E-state index contributed by atoms with van der Waals surface area (Å²) in [7, 11) is 0. The summed E-state index contributed by atoms with van der Waals surface area (Å²) in [4.78, 5) is 15.7. The van der Waals surface area contributed by atoms with Crippen molar-refractivity contribution in [3.63, 3.8) is 0 Å². The lowest BCUT2D eigenvalue weighted by Crippen LogP contribution is -2.25. The van der Waals surface area contributed by atoms with E-state index in [0.29, 0.717) is 29.4 Å². The van der Waals surface area contributed by atoms with Crippen molar-refractivity contribution >= 4 is 33.4 Å². The van der Waals surface area contributed by atoms with Crippen LogP contribution in [-0.2, 0) is 6.42 Å². The number of nitrogens with zero attached hydrogens (tertiary/aromatic N) is 2. The van der Waals surface area contributed by atoms with E-state index < -0.39 is 0 Å². The zero-order chi connectivity index (χ0) is 13.0. The molecule has 0 fully saturated rings. The Morgan fingerprint density at radius 2 is 2.28 bits per heavy atom. The molecule has 0 saturated heterocycles. The molecule has 5 nitrogen and oxygen atoms in total. The molecule has 2 rings (SSSR count). The van der Waals surface area contributed by atoms with E-state index in [1.807, 2.05) is 0 Å². The summed E-state index contributed by atoms with van der Waals surface area (Å²) in [5.74, 6) is 0.365. The fourth-order valence-electron chi connectivity index (χ4n) is 1.38. The molecule has 0 aliphatic heterocycles. The van der Waals surface area contributed by atoms with Crippen molar-refractivity contribution < 1.29 is 9.32 Å². The zero-order valence-corrected chi connectivity index (χ0v) is 11.5. The second kappa shape index (κ2) is 5.97. The summed E-state index contributed by atoms with van der Waals surface area (Å²) in [6.45, 7) is 0.433. The van der Waals surface area contributed by atoms with Gasteiger partial charge in [-0.3, -0.25) is 4.79 Å². The fraction of sp³-hybridized carbons (Fsp3) is 0.182. The number of hydrogen-bond donors (Lipinski definition) is 1. The molecule has 0 unspecified atom stereocenters. The normalized spacial score (nSPS) is 10.3. The number of hydrogen-bond acceptors (Lipinski definition) is 4. The van der Waals surface area contributed by atoms with Crippen molar-refractivity contribution in [2.45, 2.75) is 6.42 Å². The van der Waals surface area contributed by atoms with E-state index in [1.54, 1.807) is 18.2 Å². The van der Waals surface area contributed by atoms with Crippen molar-refractivity contribution in [3.05, 3.63) is 45.5 Å². The van der Waals surface area contributed by atoms with Gasteiger partial charge >= 0.3 is 0 Å². The molecule has 18 heavy (non-hydrogen) atoms. The fourth-order valence-corrected chi connectivity index (χ4v) is 2.24. The second-order valence-corrected chi connectivity index (χ2v) is 4.86. The summed E-state index contributed by atoms with van der Waals surface area (Å²) in [5.41, 5.74) is 0.502. The highest BCUT2D eigenvalue weighted by Crippen LogP contribution is 2.19. The van der Waals surface area contributed by atoms with Crippen molar-refractivity contribution in [2.75, 3.05) is 6.54 Å². The molecule has 94 valence electrons. The van der Waals surface area contributed by atoms with Crippen LogP contribution in [0.2, 0.25) is 5.02 Å². The van der Waals surface area contributed by atoms with Crippen LogP contribution >= 0.6 is 27.5 Å². The van der Waals surface area contributed by atoms with Gasteiger partial charge in [-0.25, -0.2) is 0 Å². The predicted octanol–water partition coefficient (Wildman–Crippen LogP) is 2.46. The van der Waals surface area contributed by atoms with Gasteiger partial charge in [-0.2, -0.15) is 4.98 Å². The third-order valence-electron chi connectivity index (χ3n) is 2.17. The van der Waals surface area contributed by atoms with Crippen molar-refractivity contribution in [3.8, 4) is 0 Å². The highest BCUT2D eigenvalue weighted by Gasteiger charge is 2.07. The molecule has 2 aromatic rings. The number of halogens is 2. The quantitative estimate of drug-likeness (QED) is 0.935. The molecule has 0 bridgehead atoms. The first kappa shape index (κ1) is 13.0. The van der Waals surface area contributed by atoms with Crippen LogP contribution in [0.15, 0.2) is 33.6 Å². The number of benzene rings is 1. The summed E-state index contributed by atoms with van der Waals surface area (Å²) in [5, 5.41) is 6.91. The van der Waals surface area contributed by atoms with E-state index in [4.69, 9.17) is 11.6 Å². The van der Waals surface area contributed by atoms with Gasteiger partial charge in [0.05, 0.1) is 0 Å². The van der Waals surface area contributed by atoms with Crippen molar-refractivity contribution in [2.24, 2.45) is 0 Å². The van der Waals surface area contributed by atoms with E-state index in [1.165, 1.54) is 6.39 Å². The van der Waals surface area contributed by atoms with E-state index in [9.17, 15) is 4.79 Å². The Hall–Kier alpha value is -1.40. The van der Waals surface area contributed by atoms with Gasteiger partial charge in [0.2, 0.25) is 6.39 Å². The minimum absolute atomic E-state index is 0.193. The number of rotatable bonds is 4. The maximum Gasteiger partial charge on any atom is 0.251 e. The molecule has 0 aliphatic carbocycles. The molecule has 0 radical (unpaired) electrons. The van der Waals surface area contributed by atoms with Gasteiger partial charge in [-0.1, -0.05) is 32.7 Å². The van der Waals surface area contributed by atoms with Crippen molar-refractivity contribution in [1.29, 1.82) is 0 Å². The first-order chi connectivity index (χ1) is 8.65. The second-order valence-electron chi connectivity index (χ2n) is 3.51. The van der Waals surface area contributed by atoms with Gasteiger partial charge in [-0.05, 0) is 18.2 Å². The first-order valence-electron chi connectivity index (χ1n) is 5.14. The lowest BCUT2D eigenvalue weighted by molar-refractivity contribution is 0.0954. The number of carbonyl (C=O) groups is 1. The Labute approximate surface area is 117 Å². The average molecular weight is 331 g/mol. The van der Waals surface area contributed by atoms with Gasteiger partial charge in [0.1, 0.15) is 0 Å². The smallest absolute Gasteiger partial charge is 0.251 e. The summed E-state index contributed by atoms with van der Waals surface area (Å²) in [6, 6.07) is 5.03. The maximum atomic E-state index is 11.8. The first-order valence-corrected chi connectivity index (χ1v) is 6.32. The number of aromatic nitrogens is 2. The molecule has 0 spiro atoms. The molecular weight excluding hydrogens is 321 g/mol. The molecule has 1 aromatic heterocycles. The SMILES string of the molecule is O=C(NCCc1ncon1)c1cc(Cl)cc(Br)c1.